The molecule has 0 bridgehead atoms. The maximum Gasteiger partial charge on any atom is 0.338 e. The smallest absolute Gasteiger partial charge is 0.338 e. The zero-order valence-electron chi connectivity index (χ0n) is 8.41. The first-order valence-corrected chi connectivity index (χ1v) is 4.35. The summed E-state index contributed by atoms with van der Waals surface area (Å²) in [6.45, 7) is 0. The molecule has 6 heteroatoms. The summed E-state index contributed by atoms with van der Waals surface area (Å²) in [4.78, 5) is 21.2. The van der Waals surface area contributed by atoms with Gasteiger partial charge >= 0.3 is 5.97 Å². The normalized spacial score (nSPS) is 8.59. The predicted octanol–water partition coefficient (Wildman–Crippen LogP) is 2.21. The van der Waals surface area contributed by atoms with E-state index in [9.17, 15) is 9.70 Å². The number of allylic oxidation sites excluding steroid dienone is 1. The molecule has 0 spiro atoms. The summed E-state index contributed by atoms with van der Waals surface area (Å²) in [5.41, 5.74) is -0.296. The fourth-order valence-electron chi connectivity index (χ4n) is 1.15. The lowest BCUT2D eigenvalue weighted by atomic mass is 10.1. The fourth-order valence-corrected chi connectivity index (χ4v) is 1.15. The first kappa shape index (κ1) is 12.1. The molecule has 0 atom stereocenters. The van der Waals surface area contributed by atoms with Crippen LogP contribution in [0.15, 0.2) is 28.9 Å². The molecule has 17 heavy (non-hydrogen) atoms. The predicted molar refractivity (Wildman–Crippen MR) is 58.1 cm³/mol. The van der Waals surface area contributed by atoms with E-state index in [4.69, 9.17) is 15.6 Å². The fraction of sp³-hybridized carbons (Fsp3) is 0. The summed E-state index contributed by atoms with van der Waals surface area (Å²) >= 11 is 0. The highest BCUT2D eigenvalue weighted by molar-refractivity contribution is 5.94. The van der Waals surface area contributed by atoms with Crippen molar-refractivity contribution in [1.29, 1.82) is 10.5 Å². The van der Waals surface area contributed by atoms with Gasteiger partial charge in [0.1, 0.15) is 23.4 Å². The maximum atomic E-state index is 10.8. The van der Waals surface area contributed by atoms with E-state index in [0.717, 1.165) is 0 Å². The summed E-state index contributed by atoms with van der Waals surface area (Å²) in [7, 11) is 0. The number of nitriles is 2. The molecule has 0 aliphatic carbocycles. The van der Waals surface area contributed by atoms with Crippen molar-refractivity contribution in [2.45, 2.75) is 0 Å². The number of carboxylic acid groups (broad SMARTS) is 1. The van der Waals surface area contributed by atoms with Crippen molar-refractivity contribution in [2.75, 3.05) is 0 Å². The van der Waals surface area contributed by atoms with E-state index in [2.05, 4.69) is 5.18 Å². The number of aromatic carboxylic acids is 1. The van der Waals surface area contributed by atoms with Gasteiger partial charge in [-0.1, -0.05) is 6.07 Å². The standard InChI is InChI=1S/C11H5N3O3/c12-5-8(6-13)3-7-1-2-10(14-17)9(4-7)11(15)16/h1-4H,(H,15,16). The lowest BCUT2D eigenvalue weighted by Gasteiger charge is -1.99. The Bertz CT molecular complexity index is 575. The van der Waals surface area contributed by atoms with Crippen molar-refractivity contribution in [3.63, 3.8) is 0 Å². The number of benzene rings is 1. The number of nitroso groups, excluding NO2 is 1. The molecule has 0 radical (unpaired) electrons. The van der Waals surface area contributed by atoms with Crippen molar-refractivity contribution < 1.29 is 9.90 Å². The number of rotatable bonds is 3. The number of carbonyl (C=O) groups is 1. The lowest BCUT2D eigenvalue weighted by Crippen LogP contribution is -1.97. The van der Waals surface area contributed by atoms with Gasteiger partial charge < -0.3 is 5.11 Å². The van der Waals surface area contributed by atoms with Gasteiger partial charge in [0.25, 0.3) is 0 Å². The molecule has 0 aliphatic heterocycles. The number of hydrogen-bond acceptors (Lipinski definition) is 5. The van der Waals surface area contributed by atoms with Crippen LogP contribution in [-0.4, -0.2) is 11.1 Å². The van der Waals surface area contributed by atoms with Crippen LogP contribution in [0.1, 0.15) is 15.9 Å². The van der Waals surface area contributed by atoms with Crippen molar-refractivity contribution in [3.05, 3.63) is 39.8 Å². The van der Waals surface area contributed by atoms with Crippen LogP contribution in [0.25, 0.3) is 6.08 Å². The minimum absolute atomic E-state index is 0.159. The highest BCUT2D eigenvalue weighted by Gasteiger charge is 2.11. The summed E-state index contributed by atoms with van der Waals surface area (Å²) in [5, 5.41) is 28.5. The molecule has 0 saturated heterocycles. The van der Waals surface area contributed by atoms with Crippen LogP contribution in [0.2, 0.25) is 0 Å². The van der Waals surface area contributed by atoms with Gasteiger partial charge in [-0.15, -0.1) is 4.91 Å². The van der Waals surface area contributed by atoms with Gasteiger partial charge in [-0.05, 0) is 28.9 Å². The molecule has 0 aliphatic rings. The largest absolute Gasteiger partial charge is 0.478 e. The Balaban J connectivity index is 3.33. The quantitative estimate of drug-likeness (QED) is 0.627. The van der Waals surface area contributed by atoms with Crippen molar-refractivity contribution in [2.24, 2.45) is 5.18 Å². The molecule has 1 rings (SSSR count). The van der Waals surface area contributed by atoms with E-state index < -0.39 is 5.97 Å². The van der Waals surface area contributed by atoms with E-state index >= 15 is 0 Å². The minimum atomic E-state index is -1.30. The molecular formula is C11H5N3O3. The van der Waals surface area contributed by atoms with Crippen LogP contribution in [-0.2, 0) is 0 Å². The third kappa shape index (κ3) is 2.74. The Hall–Kier alpha value is -2.99. The Morgan fingerprint density at radius 3 is 2.47 bits per heavy atom. The molecular weight excluding hydrogens is 222 g/mol. The van der Waals surface area contributed by atoms with Crippen LogP contribution in [0.4, 0.5) is 5.69 Å². The second kappa shape index (κ2) is 5.19. The Labute approximate surface area is 96.0 Å². The molecule has 1 N–H and O–H groups in total. The van der Waals surface area contributed by atoms with Crippen molar-refractivity contribution >= 4 is 17.7 Å². The monoisotopic (exact) mass is 227 g/mol. The molecule has 0 fully saturated rings. The summed E-state index contributed by atoms with van der Waals surface area (Å²) in [6.07, 6.45) is 1.22. The summed E-state index contributed by atoms with van der Waals surface area (Å²) in [6, 6.07) is 7.08. The zero-order chi connectivity index (χ0) is 12.8. The zero-order valence-corrected chi connectivity index (χ0v) is 8.41. The molecule has 1 aromatic carbocycles. The maximum absolute atomic E-state index is 10.8. The summed E-state index contributed by atoms with van der Waals surface area (Å²) < 4.78 is 0. The van der Waals surface area contributed by atoms with Crippen LogP contribution in [0.3, 0.4) is 0 Å². The molecule has 1 aromatic rings. The van der Waals surface area contributed by atoms with Crippen molar-refractivity contribution in [3.8, 4) is 12.1 Å². The van der Waals surface area contributed by atoms with Crippen LogP contribution in [0.5, 0.6) is 0 Å². The molecule has 0 heterocycles. The second-order valence-corrected chi connectivity index (χ2v) is 2.95. The molecule has 0 unspecified atom stereocenters. The minimum Gasteiger partial charge on any atom is -0.478 e. The van der Waals surface area contributed by atoms with Gasteiger partial charge in [-0.3, -0.25) is 0 Å². The second-order valence-electron chi connectivity index (χ2n) is 2.95. The lowest BCUT2D eigenvalue weighted by molar-refractivity contribution is 0.0698. The highest BCUT2D eigenvalue weighted by Crippen LogP contribution is 2.21. The molecule has 82 valence electrons. The third-order valence-electron chi connectivity index (χ3n) is 1.90. The average Bonchev–Trinajstić information content (AvgIpc) is 2.35. The van der Waals surface area contributed by atoms with Crippen LogP contribution >= 0.6 is 0 Å². The first-order valence-electron chi connectivity index (χ1n) is 4.35. The Kier molecular flexibility index (Phi) is 3.69. The van der Waals surface area contributed by atoms with Crippen molar-refractivity contribution in [1.82, 2.24) is 0 Å². The number of carboxylic acids is 1. The van der Waals surface area contributed by atoms with E-state index in [0.29, 0.717) is 5.56 Å². The van der Waals surface area contributed by atoms with Gasteiger partial charge in [-0.25, -0.2) is 4.79 Å². The Morgan fingerprint density at radius 2 is 2.00 bits per heavy atom. The van der Waals surface area contributed by atoms with Crippen LogP contribution in [0, 0.1) is 27.6 Å². The topological polar surface area (TPSA) is 114 Å². The third-order valence-corrected chi connectivity index (χ3v) is 1.90. The number of nitrogens with zero attached hydrogens (tertiary/aromatic N) is 3. The first-order chi connectivity index (χ1) is 8.12. The van der Waals surface area contributed by atoms with Gasteiger partial charge in [0, 0.05) is 0 Å². The van der Waals surface area contributed by atoms with Gasteiger partial charge in [0.15, 0.2) is 0 Å². The SMILES string of the molecule is N#CC(C#N)=Cc1ccc(N=O)c(C(=O)O)c1. The highest BCUT2D eigenvalue weighted by atomic mass is 16.4. The molecule has 0 amide bonds. The van der Waals surface area contributed by atoms with Gasteiger partial charge in [-0.2, -0.15) is 10.5 Å². The van der Waals surface area contributed by atoms with Gasteiger partial charge in [0.05, 0.1) is 5.56 Å². The van der Waals surface area contributed by atoms with E-state index in [1.54, 1.807) is 12.1 Å². The molecule has 0 aromatic heterocycles. The van der Waals surface area contributed by atoms with E-state index in [1.807, 2.05) is 0 Å². The van der Waals surface area contributed by atoms with Gasteiger partial charge in [0.2, 0.25) is 0 Å². The molecule has 6 nitrogen and oxygen atoms in total. The molecule has 0 saturated carbocycles. The van der Waals surface area contributed by atoms with Crippen LogP contribution < -0.4 is 0 Å². The summed E-state index contributed by atoms with van der Waals surface area (Å²) in [5.74, 6) is -1.30. The Morgan fingerprint density at radius 1 is 1.35 bits per heavy atom. The number of hydrogen-bond donors (Lipinski definition) is 1. The average molecular weight is 227 g/mol. The van der Waals surface area contributed by atoms with E-state index in [-0.39, 0.29) is 16.8 Å². The van der Waals surface area contributed by atoms with E-state index in [1.165, 1.54) is 24.3 Å².